The molecular formula is C22H34N4O3S. The third-order valence-corrected chi connectivity index (χ3v) is 7.23. The predicted molar refractivity (Wildman–Crippen MR) is 121 cm³/mol. The normalized spacial score (nSPS) is 19.9. The molecule has 7 nitrogen and oxygen atoms in total. The highest BCUT2D eigenvalue weighted by Crippen LogP contribution is 2.41. The molecule has 0 bridgehead atoms. The van der Waals surface area contributed by atoms with Crippen molar-refractivity contribution in [3.8, 4) is 0 Å². The number of thiophene rings is 1. The molecule has 166 valence electrons. The number of rotatable bonds is 9. The molecule has 4 rings (SSSR count). The highest BCUT2D eigenvalue weighted by atomic mass is 32.1. The molecule has 0 spiro atoms. The summed E-state index contributed by atoms with van der Waals surface area (Å²) in [5.74, 6) is 2.71. The van der Waals surface area contributed by atoms with Gasteiger partial charge in [-0.25, -0.2) is 9.97 Å². The molecule has 0 amide bonds. The molecule has 1 fully saturated rings. The van der Waals surface area contributed by atoms with Crippen LogP contribution in [0.4, 0.5) is 5.82 Å². The monoisotopic (exact) mass is 434 g/mol. The molecule has 30 heavy (non-hydrogen) atoms. The lowest BCUT2D eigenvalue weighted by atomic mass is 9.89. The van der Waals surface area contributed by atoms with E-state index in [1.807, 2.05) is 11.3 Å². The average Bonchev–Trinajstić information content (AvgIpc) is 3.11. The van der Waals surface area contributed by atoms with Crippen LogP contribution in [0.2, 0.25) is 0 Å². The molecule has 0 saturated carbocycles. The minimum absolute atomic E-state index is 0.664. The van der Waals surface area contributed by atoms with Gasteiger partial charge in [-0.1, -0.05) is 6.92 Å². The van der Waals surface area contributed by atoms with Crippen molar-refractivity contribution >= 4 is 27.4 Å². The molecular weight excluding hydrogens is 400 g/mol. The van der Waals surface area contributed by atoms with E-state index < -0.39 is 0 Å². The topological polar surface area (TPSA) is 60.0 Å². The van der Waals surface area contributed by atoms with Crippen molar-refractivity contribution in [2.24, 2.45) is 5.92 Å². The van der Waals surface area contributed by atoms with Gasteiger partial charge in [-0.2, -0.15) is 0 Å². The van der Waals surface area contributed by atoms with E-state index in [0.29, 0.717) is 13.2 Å². The molecule has 0 radical (unpaired) electrons. The van der Waals surface area contributed by atoms with Gasteiger partial charge in [0.25, 0.3) is 0 Å². The van der Waals surface area contributed by atoms with Crippen molar-refractivity contribution in [1.29, 1.82) is 0 Å². The van der Waals surface area contributed by atoms with Crippen LogP contribution in [0.25, 0.3) is 10.2 Å². The highest BCUT2D eigenvalue weighted by molar-refractivity contribution is 7.19. The van der Waals surface area contributed by atoms with Gasteiger partial charge >= 0.3 is 0 Å². The third kappa shape index (κ3) is 4.94. The summed E-state index contributed by atoms with van der Waals surface area (Å²) in [7, 11) is 3.50. The van der Waals surface area contributed by atoms with Crippen LogP contribution >= 0.6 is 11.3 Å². The van der Waals surface area contributed by atoms with E-state index in [2.05, 4.69) is 16.7 Å². The second kappa shape index (κ2) is 10.3. The fourth-order valence-electron chi connectivity index (χ4n) is 4.35. The summed E-state index contributed by atoms with van der Waals surface area (Å²) in [4.78, 5) is 17.5. The molecule has 1 saturated heterocycles. The van der Waals surface area contributed by atoms with Gasteiger partial charge in [0.05, 0.1) is 38.4 Å². The van der Waals surface area contributed by atoms with Crippen LogP contribution in [0.15, 0.2) is 0 Å². The number of fused-ring (bicyclic) bond motifs is 3. The largest absolute Gasteiger partial charge is 0.383 e. The summed E-state index contributed by atoms with van der Waals surface area (Å²) < 4.78 is 16.3. The highest BCUT2D eigenvalue weighted by Gasteiger charge is 2.26. The smallest absolute Gasteiger partial charge is 0.146 e. The van der Waals surface area contributed by atoms with Crippen LogP contribution in [0.5, 0.6) is 0 Å². The van der Waals surface area contributed by atoms with Crippen LogP contribution < -0.4 is 4.90 Å². The lowest BCUT2D eigenvalue weighted by Gasteiger charge is -2.28. The fourth-order valence-corrected chi connectivity index (χ4v) is 5.75. The Morgan fingerprint density at radius 2 is 1.87 bits per heavy atom. The first-order valence-corrected chi connectivity index (χ1v) is 11.8. The Balaban J connectivity index is 1.74. The maximum Gasteiger partial charge on any atom is 0.146 e. The van der Waals surface area contributed by atoms with Gasteiger partial charge in [0.2, 0.25) is 0 Å². The molecule has 3 heterocycles. The average molecular weight is 435 g/mol. The zero-order valence-electron chi connectivity index (χ0n) is 18.5. The molecule has 1 aliphatic heterocycles. The Hall–Kier alpha value is -1.32. The molecule has 1 aliphatic carbocycles. The quantitative estimate of drug-likeness (QED) is 0.601. The first-order valence-electron chi connectivity index (χ1n) is 11.0. The van der Waals surface area contributed by atoms with Gasteiger partial charge in [0, 0.05) is 45.3 Å². The Bertz CT molecular complexity index is 829. The number of anilines is 1. The summed E-state index contributed by atoms with van der Waals surface area (Å²) >= 11 is 1.88. The van der Waals surface area contributed by atoms with E-state index in [-0.39, 0.29) is 0 Å². The number of aryl methyl sites for hydroxylation is 1. The van der Waals surface area contributed by atoms with Gasteiger partial charge in [-0.3, -0.25) is 4.90 Å². The van der Waals surface area contributed by atoms with Crippen LogP contribution in [0.3, 0.4) is 0 Å². The van der Waals surface area contributed by atoms with Gasteiger partial charge in [0.15, 0.2) is 0 Å². The van der Waals surface area contributed by atoms with Crippen molar-refractivity contribution in [1.82, 2.24) is 14.9 Å². The fraction of sp³-hybridized carbons (Fsp3) is 0.727. The second-order valence-corrected chi connectivity index (χ2v) is 9.44. The molecule has 2 aromatic heterocycles. The molecule has 0 unspecified atom stereocenters. The number of nitrogens with zero attached hydrogens (tertiary/aromatic N) is 4. The van der Waals surface area contributed by atoms with E-state index in [0.717, 1.165) is 81.2 Å². The SMILES string of the molecule is COCCN(CCOC)c1nc(CN2CCOCC2)nc2sc3c(c12)CC[C@H](C)C3. The van der Waals surface area contributed by atoms with Crippen molar-refractivity contribution in [3.05, 3.63) is 16.3 Å². The van der Waals surface area contributed by atoms with Crippen LogP contribution in [-0.2, 0) is 33.6 Å². The molecule has 2 aliphatic rings. The Morgan fingerprint density at radius 1 is 1.13 bits per heavy atom. The van der Waals surface area contributed by atoms with Crippen LogP contribution in [-0.4, -0.2) is 81.7 Å². The molecule has 1 atom stereocenters. The summed E-state index contributed by atoms with van der Waals surface area (Å²) in [5.41, 5.74) is 1.47. The second-order valence-electron chi connectivity index (χ2n) is 8.36. The maximum atomic E-state index is 5.51. The van der Waals surface area contributed by atoms with Crippen LogP contribution in [0.1, 0.15) is 29.6 Å². The predicted octanol–water partition coefficient (Wildman–Crippen LogP) is 2.75. The minimum atomic E-state index is 0.664. The summed E-state index contributed by atoms with van der Waals surface area (Å²) in [6.45, 7) is 9.49. The van der Waals surface area contributed by atoms with Crippen molar-refractivity contribution in [3.63, 3.8) is 0 Å². The lowest BCUT2D eigenvalue weighted by Crippen LogP contribution is -2.36. The maximum absolute atomic E-state index is 5.51. The molecule has 2 aromatic rings. The summed E-state index contributed by atoms with van der Waals surface area (Å²) in [6.07, 6.45) is 3.52. The first-order chi connectivity index (χ1) is 14.7. The Labute approximate surface area is 183 Å². The molecule has 0 aromatic carbocycles. The Kier molecular flexibility index (Phi) is 7.54. The van der Waals surface area contributed by atoms with Crippen LogP contribution in [0, 0.1) is 5.92 Å². The van der Waals surface area contributed by atoms with Crippen molar-refractivity contribution < 1.29 is 14.2 Å². The zero-order chi connectivity index (χ0) is 20.9. The minimum Gasteiger partial charge on any atom is -0.383 e. The first kappa shape index (κ1) is 21.9. The number of ether oxygens (including phenoxy) is 3. The standard InChI is InChI=1S/C22H34N4O3S/c1-16-4-5-17-18(14-16)30-22-20(17)21(26(8-10-27-2)9-11-28-3)23-19(24-22)15-25-6-12-29-13-7-25/h16H,4-15H2,1-3H3/t16-/m0/s1. The Morgan fingerprint density at radius 3 is 2.57 bits per heavy atom. The number of hydrogen-bond donors (Lipinski definition) is 0. The number of aromatic nitrogens is 2. The summed E-state index contributed by atoms with van der Waals surface area (Å²) in [5, 5.41) is 1.26. The zero-order valence-corrected chi connectivity index (χ0v) is 19.3. The molecule has 8 heteroatoms. The van der Waals surface area contributed by atoms with E-state index in [1.54, 1.807) is 14.2 Å². The van der Waals surface area contributed by atoms with Gasteiger partial charge < -0.3 is 19.1 Å². The third-order valence-electron chi connectivity index (χ3n) is 6.08. The number of hydrogen-bond acceptors (Lipinski definition) is 8. The van der Waals surface area contributed by atoms with Gasteiger partial charge in [-0.15, -0.1) is 11.3 Å². The number of morpholine rings is 1. The van der Waals surface area contributed by atoms with E-state index >= 15 is 0 Å². The lowest BCUT2D eigenvalue weighted by molar-refractivity contribution is 0.0331. The van der Waals surface area contributed by atoms with Gasteiger partial charge in [-0.05, 0) is 30.7 Å². The van der Waals surface area contributed by atoms with Crippen molar-refractivity contribution in [2.45, 2.75) is 32.7 Å². The van der Waals surface area contributed by atoms with E-state index in [1.165, 1.54) is 22.2 Å². The van der Waals surface area contributed by atoms with Crippen molar-refractivity contribution in [2.75, 3.05) is 71.7 Å². The summed E-state index contributed by atoms with van der Waals surface area (Å²) in [6, 6.07) is 0. The van der Waals surface area contributed by atoms with Gasteiger partial charge in [0.1, 0.15) is 16.5 Å². The van der Waals surface area contributed by atoms with E-state index in [9.17, 15) is 0 Å². The van der Waals surface area contributed by atoms with E-state index in [4.69, 9.17) is 24.2 Å². The molecule has 0 N–H and O–H groups in total. The number of methoxy groups -OCH3 is 2.